The number of hydrogen-bond donors (Lipinski definition) is 0. The minimum absolute atomic E-state index is 0.224. The Morgan fingerprint density at radius 2 is 2.23 bits per heavy atom. The molecule has 22 heavy (non-hydrogen) atoms. The molecule has 1 aromatic carbocycles. The number of thiazole rings is 1. The van der Waals surface area contributed by atoms with Gasteiger partial charge in [-0.15, -0.1) is 11.3 Å². The molecule has 5 nitrogen and oxygen atoms in total. The molecule has 1 amide bonds. The Bertz CT molecular complexity index is 773. The van der Waals surface area contributed by atoms with Crippen LogP contribution in [0.15, 0.2) is 23.7 Å². The molecule has 2 aromatic rings. The predicted octanol–water partition coefficient (Wildman–Crippen LogP) is 2.19. The third-order valence-corrected chi connectivity index (χ3v) is 4.18. The van der Waals surface area contributed by atoms with Crippen LogP contribution >= 0.6 is 11.3 Å². The number of carbonyl (C=O) groups is 1. The highest BCUT2D eigenvalue weighted by Gasteiger charge is 2.13. The van der Waals surface area contributed by atoms with Gasteiger partial charge in [0.25, 0.3) is 5.91 Å². The molecule has 2 heterocycles. The van der Waals surface area contributed by atoms with Crippen molar-refractivity contribution in [2.75, 3.05) is 13.8 Å². The maximum absolute atomic E-state index is 12.1. The quantitative estimate of drug-likeness (QED) is 0.797. The number of nitrogens with zero attached hydrogens (tertiary/aromatic N) is 2. The molecular weight excluding hydrogens is 300 g/mol. The maximum atomic E-state index is 12.1. The fraction of sp³-hybridized carbons (Fsp3) is 0.250. The highest BCUT2D eigenvalue weighted by molar-refractivity contribution is 7.09. The van der Waals surface area contributed by atoms with Crippen molar-refractivity contribution in [3.63, 3.8) is 0 Å². The second-order valence-corrected chi connectivity index (χ2v) is 5.78. The van der Waals surface area contributed by atoms with Crippen molar-refractivity contribution in [3.8, 4) is 23.3 Å². The van der Waals surface area contributed by atoms with Crippen molar-refractivity contribution in [2.45, 2.75) is 13.5 Å². The van der Waals surface area contributed by atoms with Crippen LogP contribution in [0.3, 0.4) is 0 Å². The fourth-order valence-electron chi connectivity index (χ4n) is 1.96. The molecule has 0 fully saturated rings. The lowest BCUT2D eigenvalue weighted by atomic mass is 10.2. The zero-order chi connectivity index (χ0) is 15.5. The van der Waals surface area contributed by atoms with E-state index in [0.717, 1.165) is 16.1 Å². The number of amides is 1. The summed E-state index contributed by atoms with van der Waals surface area (Å²) in [4.78, 5) is 18.9. The average molecular weight is 314 g/mol. The Balaban J connectivity index is 1.68. The third-order valence-electron chi connectivity index (χ3n) is 3.26. The SMILES string of the molecule is Cc1ncsc1CN(C)C(=O)C#Cc1ccc2c(c1)OCO2. The van der Waals surface area contributed by atoms with Crippen molar-refractivity contribution in [3.05, 3.63) is 39.8 Å². The molecule has 1 aliphatic heterocycles. The summed E-state index contributed by atoms with van der Waals surface area (Å²) in [6, 6.07) is 5.37. The van der Waals surface area contributed by atoms with Crippen LogP contribution in [-0.2, 0) is 11.3 Å². The van der Waals surface area contributed by atoms with Crippen molar-refractivity contribution in [2.24, 2.45) is 0 Å². The fourth-order valence-corrected chi connectivity index (χ4v) is 2.79. The number of fused-ring (bicyclic) bond motifs is 1. The Hall–Kier alpha value is -2.52. The third kappa shape index (κ3) is 3.05. The number of carbonyl (C=O) groups excluding carboxylic acids is 1. The van der Waals surface area contributed by atoms with Gasteiger partial charge >= 0.3 is 0 Å². The molecule has 112 valence electrons. The van der Waals surface area contributed by atoms with Crippen molar-refractivity contribution >= 4 is 17.2 Å². The molecule has 1 aliphatic rings. The van der Waals surface area contributed by atoms with Crippen LogP contribution in [0.4, 0.5) is 0 Å². The van der Waals surface area contributed by atoms with Crippen LogP contribution in [0.25, 0.3) is 0 Å². The Kier molecular flexibility index (Phi) is 3.98. The molecule has 1 aromatic heterocycles. The molecule has 0 aliphatic carbocycles. The molecule has 0 unspecified atom stereocenters. The zero-order valence-electron chi connectivity index (χ0n) is 12.3. The first kappa shape index (κ1) is 14.4. The number of benzene rings is 1. The lowest BCUT2D eigenvalue weighted by Gasteiger charge is -2.12. The summed E-state index contributed by atoms with van der Waals surface area (Å²) in [5.74, 6) is 6.64. The van der Waals surface area contributed by atoms with Gasteiger partial charge in [0.1, 0.15) is 0 Å². The van der Waals surface area contributed by atoms with Crippen LogP contribution in [0.1, 0.15) is 16.1 Å². The Labute approximate surface area is 132 Å². The first-order chi connectivity index (χ1) is 10.6. The van der Waals surface area contributed by atoms with Gasteiger partial charge in [0.15, 0.2) is 11.5 Å². The second kappa shape index (κ2) is 6.08. The highest BCUT2D eigenvalue weighted by atomic mass is 32.1. The minimum Gasteiger partial charge on any atom is -0.454 e. The standard InChI is InChI=1S/C16H14N2O3S/c1-11-15(22-9-17-11)8-18(2)16(19)6-4-12-3-5-13-14(7-12)21-10-20-13/h3,5,7,9H,8,10H2,1-2H3. The summed E-state index contributed by atoms with van der Waals surface area (Å²) in [5, 5.41) is 0. The van der Waals surface area contributed by atoms with E-state index in [1.54, 1.807) is 35.7 Å². The Morgan fingerprint density at radius 3 is 3.00 bits per heavy atom. The molecule has 0 bridgehead atoms. The van der Waals surface area contributed by atoms with Gasteiger partial charge in [-0.1, -0.05) is 5.92 Å². The summed E-state index contributed by atoms with van der Waals surface area (Å²) in [6.07, 6.45) is 0. The normalized spacial score (nSPS) is 11.7. The van der Waals surface area contributed by atoms with E-state index < -0.39 is 0 Å². The molecule has 0 saturated heterocycles. The van der Waals surface area contributed by atoms with E-state index >= 15 is 0 Å². The van der Waals surface area contributed by atoms with Gasteiger partial charge in [-0.25, -0.2) is 4.98 Å². The van der Waals surface area contributed by atoms with Gasteiger partial charge in [0.05, 0.1) is 17.7 Å². The molecule has 6 heteroatoms. The lowest BCUT2D eigenvalue weighted by molar-refractivity contribution is -0.124. The smallest absolute Gasteiger partial charge is 0.298 e. The first-order valence-electron chi connectivity index (χ1n) is 6.69. The monoisotopic (exact) mass is 314 g/mol. The minimum atomic E-state index is -0.231. The van der Waals surface area contributed by atoms with Crippen molar-refractivity contribution in [1.29, 1.82) is 0 Å². The summed E-state index contributed by atoms with van der Waals surface area (Å²) in [5.41, 5.74) is 3.45. The summed E-state index contributed by atoms with van der Waals surface area (Å²) in [7, 11) is 1.73. The molecule has 0 saturated carbocycles. The van der Waals surface area contributed by atoms with Gasteiger partial charge in [-0.05, 0) is 25.1 Å². The van der Waals surface area contributed by atoms with E-state index in [0.29, 0.717) is 18.0 Å². The predicted molar refractivity (Wildman–Crippen MR) is 82.8 cm³/mol. The van der Waals surface area contributed by atoms with Crippen LogP contribution in [0.2, 0.25) is 0 Å². The molecule has 0 N–H and O–H groups in total. The van der Waals surface area contributed by atoms with Gasteiger partial charge in [0.2, 0.25) is 6.79 Å². The highest BCUT2D eigenvalue weighted by Crippen LogP contribution is 2.32. The van der Waals surface area contributed by atoms with Crippen LogP contribution < -0.4 is 9.47 Å². The number of aromatic nitrogens is 1. The summed E-state index contributed by atoms with van der Waals surface area (Å²) in [6.45, 7) is 2.68. The van der Waals surface area contributed by atoms with E-state index in [9.17, 15) is 4.79 Å². The summed E-state index contributed by atoms with van der Waals surface area (Å²) >= 11 is 1.54. The number of hydrogen-bond acceptors (Lipinski definition) is 5. The molecular formula is C16H14N2O3S. The zero-order valence-corrected chi connectivity index (χ0v) is 13.1. The second-order valence-electron chi connectivity index (χ2n) is 4.84. The van der Waals surface area contributed by atoms with Crippen LogP contribution in [0, 0.1) is 18.8 Å². The molecule has 3 rings (SSSR count). The first-order valence-corrected chi connectivity index (χ1v) is 7.57. The number of ether oxygens (including phenoxy) is 2. The molecule has 0 radical (unpaired) electrons. The van der Waals surface area contributed by atoms with Crippen LogP contribution in [-0.4, -0.2) is 29.6 Å². The average Bonchev–Trinajstić information content (AvgIpc) is 3.13. The van der Waals surface area contributed by atoms with E-state index in [2.05, 4.69) is 16.8 Å². The van der Waals surface area contributed by atoms with E-state index in [4.69, 9.17) is 9.47 Å². The van der Waals surface area contributed by atoms with Crippen molar-refractivity contribution in [1.82, 2.24) is 9.88 Å². The molecule has 0 spiro atoms. The van der Waals surface area contributed by atoms with Gasteiger partial charge in [-0.2, -0.15) is 0 Å². The Morgan fingerprint density at radius 1 is 1.41 bits per heavy atom. The summed E-state index contributed by atoms with van der Waals surface area (Å²) < 4.78 is 10.5. The van der Waals surface area contributed by atoms with E-state index in [-0.39, 0.29) is 12.7 Å². The largest absolute Gasteiger partial charge is 0.454 e. The van der Waals surface area contributed by atoms with Crippen LogP contribution in [0.5, 0.6) is 11.5 Å². The van der Waals surface area contributed by atoms with Crippen molar-refractivity contribution < 1.29 is 14.3 Å². The van der Waals surface area contributed by atoms with E-state index in [1.807, 2.05) is 6.92 Å². The lowest BCUT2D eigenvalue weighted by Crippen LogP contribution is -2.24. The molecule has 0 atom stereocenters. The van der Waals surface area contributed by atoms with Gasteiger partial charge in [0, 0.05) is 23.4 Å². The van der Waals surface area contributed by atoms with E-state index in [1.165, 1.54) is 11.3 Å². The van der Waals surface area contributed by atoms with Gasteiger partial charge < -0.3 is 14.4 Å². The maximum Gasteiger partial charge on any atom is 0.298 e. The number of rotatable bonds is 2. The van der Waals surface area contributed by atoms with Gasteiger partial charge in [-0.3, -0.25) is 4.79 Å². The topological polar surface area (TPSA) is 51.7 Å². The number of aryl methyl sites for hydroxylation is 1.